The maximum atomic E-state index is 12.5. The van der Waals surface area contributed by atoms with Crippen molar-refractivity contribution in [3.63, 3.8) is 0 Å². The van der Waals surface area contributed by atoms with E-state index in [4.69, 9.17) is 4.42 Å². The lowest BCUT2D eigenvalue weighted by atomic mass is 9.89. The van der Waals surface area contributed by atoms with Gasteiger partial charge in [0.2, 0.25) is 0 Å². The van der Waals surface area contributed by atoms with Crippen molar-refractivity contribution in [2.24, 2.45) is 0 Å². The van der Waals surface area contributed by atoms with Crippen molar-refractivity contribution in [1.82, 2.24) is 15.2 Å². The molecule has 6 nitrogen and oxygen atoms in total. The van der Waals surface area contributed by atoms with Gasteiger partial charge in [0.05, 0.1) is 6.54 Å². The normalized spacial score (nSPS) is 13.9. The van der Waals surface area contributed by atoms with Gasteiger partial charge in [-0.3, -0.25) is 10.1 Å². The summed E-state index contributed by atoms with van der Waals surface area (Å²) in [6, 6.07) is 17.7. The molecular weight excluding hydrogens is 366 g/mol. The van der Waals surface area contributed by atoms with Crippen molar-refractivity contribution in [3.05, 3.63) is 72.1 Å². The molecule has 0 aliphatic rings. The molecule has 2 aromatic carbocycles. The predicted octanol–water partition coefficient (Wildman–Crippen LogP) is 3.63. The van der Waals surface area contributed by atoms with Crippen LogP contribution in [0.1, 0.15) is 11.3 Å². The van der Waals surface area contributed by atoms with Crippen LogP contribution >= 0.6 is 0 Å². The second kappa shape index (κ2) is 7.73. The number of hydrogen-bond acceptors (Lipinski definition) is 4. The highest BCUT2D eigenvalue weighted by atomic mass is 16.4. The third-order valence-electron chi connectivity index (χ3n) is 5.24. The van der Waals surface area contributed by atoms with Gasteiger partial charge in [-0.1, -0.05) is 36.4 Å². The van der Waals surface area contributed by atoms with Gasteiger partial charge in [0.15, 0.2) is 0 Å². The molecule has 0 radical (unpaired) electrons. The summed E-state index contributed by atoms with van der Waals surface area (Å²) in [4.78, 5) is 17.6. The molecule has 0 aliphatic carbocycles. The zero-order chi connectivity index (χ0) is 20.4. The van der Waals surface area contributed by atoms with Crippen LogP contribution in [0.5, 0.6) is 0 Å². The molecule has 0 saturated heterocycles. The van der Waals surface area contributed by atoms with Gasteiger partial charge in [-0.25, -0.2) is 0 Å². The van der Waals surface area contributed by atoms with Gasteiger partial charge in [0.25, 0.3) is 0 Å². The summed E-state index contributed by atoms with van der Waals surface area (Å²) in [6.45, 7) is 0.680. The fourth-order valence-corrected chi connectivity index (χ4v) is 3.92. The van der Waals surface area contributed by atoms with E-state index in [0.717, 1.165) is 33.2 Å². The zero-order valence-corrected chi connectivity index (χ0v) is 16.6. The number of carboxylic acid groups (broad SMARTS) is 1. The van der Waals surface area contributed by atoms with Crippen molar-refractivity contribution >= 4 is 27.8 Å². The van der Waals surface area contributed by atoms with E-state index < -0.39 is 11.5 Å². The first-order valence-electron chi connectivity index (χ1n) is 9.62. The van der Waals surface area contributed by atoms with Gasteiger partial charge >= 0.3 is 5.97 Å². The number of aliphatic carboxylic acids is 1. The standard InChI is InChI=1S/C23H25N3O3/c1-26(2)15-23(22(27)28,12-17-13-24-20-9-5-4-8-19(17)20)25-14-18-11-16-7-3-6-10-21(16)29-18/h3-11,13,24-25H,12,14-15H2,1-2H3,(H,27,28). The summed E-state index contributed by atoms with van der Waals surface area (Å²) in [5.74, 6) is -0.165. The van der Waals surface area contributed by atoms with Crippen LogP contribution in [0.15, 0.2) is 65.2 Å². The van der Waals surface area contributed by atoms with E-state index >= 15 is 0 Å². The molecule has 0 aliphatic heterocycles. The Bertz CT molecular complexity index is 1110. The highest BCUT2D eigenvalue weighted by Crippen LogP contribution is 2.25. The van der Waals surface area contributed by atoms with Crippen molar-refractivity contribution in [3.8, 4) is 0 Å². The minimum atomic E-state index is -1.16. The molecule has 0 fully saturated rings. The van der Waals surface area contributed by atoms with Gasteiger partial charge in [-0.2, -0.15) is 0 Å². The van der Waals surface area contributed by atoms with Gasteiger partial charge in [-0.05, 0) is 37.9 Å². The molecule has 4 rings (SSSR count). The van der Waals surface area contributed by atoms with Gasteiger partial charge in [0.1, 0.15) is 16.9 Å². The average molecular weight is 391 g/mol. The maximum absolute atomic E-state index is 12.5. The number of aromatic amines is 1. The topological polar surface area (TPSA) is 81.5 Å². The van der Waals surface area contributed by atoms with Crippen LogP contribution in [0.2, 0.25) is 0 Å². The van der Waals surface area contributed by atoms with E-state index in [2.05, 4.69) is 10.3 Å². The SMILES string of the molecule is CN(C)CC(Cc1c[nH]c2ccccc12)(NCc1cc2ccccc2o1)C(=O)O. The van der Waals surface area contributed by atoms with E-state index in [1.165, 1.54) is 0 Å². The van der Waals surface area contributed by atoms with E-state index in [0.29, 0.717) is 19.5 Å². The van der Waals surface area contributed by atoms with E-state index in [1.54, 1.807) is 0 Å². The number of aromatic nitrogens is 1. The number of para-hydroxylation sites is 2. The third kappa shape index (κ3) is 3.90. The van der Waals surface area contributed by atoms with Crippen LogP contribution in [-0.4, -0.2) is 47.1 Å². The van der Waals surface area contributed by atoms with Gasteiger partial charge < -0.3 is 19.4 Å². The molecule has 4 aromatic rings. The number of nitrogens with one attached hydrogen (secondary N) is 2. The van der Waals surface area contributed by atoms with E-state index in [1.807, 2.05) is 79.8 Å². The van der Waals surface area contributed by atoms with E-state index in [-0.39, 0.29) is 0 Å². The quantitative estimate of drug-likeness (QED) is 0.427. The van der Waals surface area contributed by atoms with Crippen LogP contribution < -0.4 is 5.32 Å². The molecule has 29 heavy (non-hydrogen) atoms. The summed E-state index contributed by atoms with van der Waals surface area (Å²) < 4.78 is 5.88. The second-order valence-electron chi connectivity index (χ2n) is 7.77. The van der Waals surface area contributed by atoms with E-state index in [9.17, 15) is 9.90 Å². The molecule has 1 unspecified atom stereocenters. The molecule has 0 bridgehead atoms. The highest BCUT2D eigenvalue weighted by Gasteiger charge is 2.39. The van der Waals surface area contributed by atoms with Crippen molar-refractivity contribution in [2.45, 2.75) is 18.5 Å². The second-order valence-corrected chi connectivity index (χ2v) is 7.77. The number of hydrogen-bond donors (Lipinski definition) is 3. The number of H-pyrrole nitrogens is 1. The van der Waals surface area contributed by atoms with Crippen molar-refractivity contribution in [1.29, 1.82) is 0 Å². The highest BCUT2D eigenvalue weighted by molar-refractivity contribution is 5.86. The lowest BCUT2D eigenvalue weighted by Crippen LogP contribution is -2.59. The first-order valence-corrected chi connectivity index (χ1v) is 9.62. The fraction of sp³-hybridized carbons (Fsp3) is 0.261. The molecule has 0 spiro atoms. The Kier molecular flexibility index (Phi) is 5.13. The van der Waals surface area contributed by atoms with Crippen LogP contribution in [0.3, 0.4) is 0 Å². The summed E-state index contributed by atoms with van der Waals surface area (Å²) in [5, 5.41) is 15.6. The minimum absolute atomic E-state index is 0.331. The smallest absolute Gasteiger partial charge is 0.325 e. The number of fused-ring (bicyclic) bond motifs is 2. The maximum Gasteiger partial charge on any atom is 0.325 e. The number of benzene rings is 2. The number of nitrogens with zero attached hydrogens (tertiary/aromatic N) is 1. The first-order chi connectivity index (χ1) is 14.0. The Labute approximate surface area is 169 Å². The Morgan fingerprint density at radius 2 is 1.93 bits per heavy atom. The summed E-state index contributed by atoms with van der Waals surface area (Å²) in [6.07, 6.45) is 2.26. The fourth-order valence-electron chi connectivity index (χ4n) is 3.92. The monoisotopic (exact) mass is 391 g/mol. The molecule has 0 saturated carbocycles. The van der Waals surface area contributed by atoms with Gasteiger partial charge in [-0.15, -0.1) is 0 Å². The molecule has 150 valence electrons. The molecule has 2 aromatic heterocycles. The largest absolute Gasteiger partial charge is 0.480 e. The Balaban J connectivity index is 1.65. The Hall–Kier alpha value is -3.09. The summed E-state index contributed by atoms with van der Waals surface area (Å²) in [7, 11) is 3.77. The molecule has 3 N–H and O–H groups in total. The zero-order valence-electron chi connectivity index (χ0n) is 16.6. The Morgan fingerprint density at radius 3 is 2.69 bits per heavy atom. The van der Waals surface area contributed by atoms with Crippen LogP contribution in [-0.2, 0) is 17.8 Å². The number of carbonyl (C=O) groups is 1. The number of likely N-dealkylation sites (N-methyl/N-ethyl adjacent to an activating group) is 1. The third-order valence-corrected chi connectivity index (χ3v) is 5.24. The van der Waals surface area contributed by atoms with Crippen LogP contribution in [0.4, 0.5) is 0 Å². The van der Waals surface area contributed by atoms with Crippen LogP contribution in [0.25, 0.3) is 21.9 Å². The number of rotatable bonds is 8. The number of furan rings is 1. The summed E-state index contributed by atoms with van der Waals surface area (Å²) >= 11 is 0. The number of carboxylic acids is 1. The minimum Gasteiger partial charge on any atom is -0.480 e. The average Bonchev–Trinajstić information content (AvgIpc) is 3.29. The summed E-state index contributed by atoms with van der Waals surface area (Å²) in [5.41, 5.74) is 1.62. The van der Waals surface area contributed by atoms with Crippen LogP contribution in [0, 0.1) is 0 Å². The molecule has 0 amide bonds. The predicted molar refractivity (Wildman–Crippen MR) is 114 cm³/mol. The van der Waals surface area contributed by atoms with Crippen molar-refractivity contribution in [2.75, 3.05) is 20.6 Å². The lowest BCUT2D eigenvalue weighted by molar-refractivity contribution is -0.145. The lowest BCUT2D eigenvalue weighted by Gasteiger charge is -2.33. The molecule has 6 heteroatoms. The first kappa shape index (κ1) is 19.2. The molecular formula is C23H25N3O3. The van der Waals surface area contributed by atoms with Gasteiger partial charge in [0, 0.05) is 35.5 Å². The molecule has 2 heterocycles. The Morgan fingerprint density at radius 1 is 1.17 bits per heavy atom. The van der Waals surface area contributed by atoms with Crippen molar-refractivity contribution < 1.29 is 14.3 Å². The molecule has 1 atom stereocenters.